The first-order valence-electron chi connectivity index (χ1n) is 10.0. The Hall–Kier alpha value is -2.10. The lowest BCUT2D eigenvalue weighted by molar-refractivity contribution is -0.116. The normalized spacial score (nSPS) is 41.0. The van der Waals surface area contributed by atoms with E-state index in [0.717, 1.165) is 43.3 Å². The van der Waals surface area contributed by atoms with E-state index in [1.807, 2.05) is 12.2 Å². The average molecular weight is 368 g/mol. The molecule has 4 nitrogen and oxygen atoms in total. The Balaban J connectivity index is 1.63. The molecule has 0 aromatic heterocycles. The van der Waals surface area contributed by atoms with Crippen molar-refractivity contribution >= 4 is 11.9 Å². The number of ether oxygens (including phenoxy) is 1. The maximum absolute atomic E-state index is 11.8. The van der Waals surface area contributed by atoms with Gasteiger partial charge in [-0.25, -0.2) is 4.79 Å². The lowest BCUT2D eigenvalue weighted by Crippen LogP contribution is -2.46. The molecule has 0 aromatic rings. The molecule has 0 radical (unpaired) electrons. The van der Waals surface area contributed by atoms with Gasteiger partial charge in [0.05, 0.1) is 6.26 Å². The van der Waals surface area contributed by atoms with Crippen molar-refractivity contribution in [3.8, 4) is 0 Å². The zero-order chi connectivity index (χ0) is 19.3. The molecule has 0 saturated heterocycles. The summed E-state index contributed by atoms with van der Waals surface area (Å²) in [5.41, 5.74) is 3.55. The molecule has 0 unspecified atom stereocenters. The van der Waals surface area contributed by atoms with Gasteiger partial charge in [0.25, 0.3) is 0 Å². The highest BCUT2D eigenvalue weighted by molar-refractivity contribution is 5.91. The lowest BCUT2D eigenvalue weighted by Gasteiger charge is -2.53. The molecule has 27 heavy (non-hydrogen) atoms. The number of carbonyl (C=O) groups excluding carboxylic acids is 1. The van der Waals surface area contributed by atoms with E-state index < -0.39 is 6.16 Å². The van der Waals surface area contributed by atoms with Crippen LogP contribution in [0.1, 0.15) is 45.4 Å². The van der Waals surface area contributed by atoms with Gasteiger partial charge in [-0.05, 0) is 84.5 Å². The Morgan fingerprint density at radius 3 is 2.74 bits per heavy atom. The summed E-state index contributed by atoms with van der Waals surface area (Å²) in [5, 5.41) is 8.74. The number of allylic oxidation sites excluding steroid dienone is 4. The number of fused-ring (bicyclic) bond motifs is 5. The van der Waals surface area contributed by atoms with Crippen molar-refractivity contribution in [2.45, 2.75) is 45.4 Å². The molecule has 4 aliphatic rings. The predicted molar refractivity (Wildman–Crippen MR) is 103 cm³/mol. The van der Waals surface area contributed by atoms with Gasteiger partial charge >= 0.3 is 6.16 Å². The van der Waals surface area contributed by atoms with Gasteiger partial charge in [0, 0.05) is 12.3 Å². The Morgan fingerprint density at radius 1 is 1.22 bits per heavy atom. The van der Waals surface area contributed by atoms with Crippen molar-refractivity contribution in [1.29, 1.82) is 0 Å². The minimum atomic E-state index is -1.29. The van der Waals surface area contributed by atoms with E-state index in [2.05, 4.69) is 24.8 Å². The summed E-state index contributed by atoms with van der Waals surface area (Å²) in [6.45, 7) is 11.0. The highest BCUT2D eigenvalue weighted by atomic mass is 16.7. The summed E-state index contributed by atoms with van der Waals surface area (Å²) in [6, 6.07) is 0. The smallest absolute Gasteiger partial charge is 0.449 e. The van der Waals surface area contributed by atoms with Crippen molar-refractivity contribution in [3.05, 3.63) is 48.3 Å². The third-order valence-electron chi connectivity index (χ3n) is 7.83. The SMILES string of the molecule is C=C1C(=C)[C@H]2[C@@H]3CCC4=CC(=O)CC[C@@H]4[C@H]3CC[C@]2(C)[C@@H]1/C=C\OC(=O)O. The van der Waals surface area contributed by atoms with E-state index in [9.17, 15) is 9.59 Å². The molecule has 0 bridgehead atoms. The van der Waals surface area contributed by atoms with Crippen LogP contribution >= 0.6 is 0 Å². The molecule has 0 amide bonds. The van der Waals surface area contributed by atoms with Crippen LogP contribution in [-0.4, -0.2) is 17.0 Å². The minimum absolute atomic E-state index is 0.0133. The summed E-state index contributed by atoms with van der Waals surface area (Å²) < 4.78 is 4.63. The average Bonchev–Trinajstić information content (AvgIpc) is 2.81. The minimum Gasteiger partial charge on any atom is -0.449 e. The molecule has 0 aromatic carbocycles. The summed E-state index contributed by atoms with van der Waals surface area (Å²) >= 11 is 0. The maximum atomic E-state index is 11.8. The van der Waals surface area contributed by atoms with Crippen LogP contribution in [0.4, 0.5) is 4.79 Å². The fourth-order valence-electron chi connectivity index (χ4n) is 6.73. The zero-order valence-corrected chi connectivity index (χ0v) is 15.9. The van der Waals surface area contributed by atoms with E-state index in [0.29, 0.717) is 35.9 Å². The van der Waals surface area contributed by atoms with E-state index in [4.69, 9.17) is 5.11 Å². The van der Waals surface area contributed by atoms with Crippen LogP contribution < -0.4 is 0 Å². The third kappa shape index (κ3) is 2.81. The summed E-state index contributed by atoms with van der Waals surface area (Å²) in [4.78, 5) is 22.5. The number of carboxylic acid groups (broad SMARTS) is 1. The maximum Gasteiger partial charge on any atom is 0.510 e. The molecule has 6 atom stereocenters. The molecule has 0 aliphatic heterocycles. The Bertz CT molecular complexity index is 773. The highest BCUT2D eigenvalue weighted by Gasteiger charge is 2.58. The van der Waals surface area contributed by atoms with Crippen molar-refractivity contribution in [2.75, 3.05) is 0 Å². The highest BCUT2D eigenvalue weighted by Crippen LogP contribution is 2.66. The van der Waals surface area contributed by atoms with Crippen molar-refractivity contribution < 1.29 is 19.4 Å². The second-order valence-electron chi connectivity index (χ2n) is 8.96. The largest absolute Gasteiger partial charge is 0.510 e. The van der Waals surface area contributed by atoms with Gasteiger partial charge in [-0.2, -0.15) is 0 Å². The molecule has 3 fully saturated rings. The van der Waals surface area contributed by atoms with Gasteiger partial charge in [0.15, 0.2) is 5.78 Å². The first-order valence-corrected chi connectivity index (χ1v) is 10.0. The fraction of sp³-hybridized carbons (Fsp3) is 0.565. The monoisotopic (exact) mass is 368 g/mol. The molecule has 0 heterocycles. The molecular weight excluding hydrogens is 340 g/mol. The Morgan fingerprint density at radius 2 is 2.00 bits per heavy atom. The van der Waals surface area contributed by atoms with Crippen molar-refractivity contribution in [2.24, 2.45) is 35.0 Å². The predicted octanol–water partition coefficient (Wildman–Crippen LogP) is 5.28. The molecule has 3 saturated carbocycles. The van der Waals surface area contributed by atoms with Crippen LogP contribution in [0.15, 0.2) is 48.3 Å². The fourth-order valence-corrected chi connectivity index (χ4v) is 6.73. The van der Waals surface area contributed by atoms with E-state index >= 15 is 0 Å². The van der Waals surface area contributed by atoms with Gasteiger partial charge < -0.3 is 9.84 Å². The van der Waals surface area contributed by atoms with Crippen LogP contribution in [-0.2, 0) is 9.53 Å². The van der Waals surface area contributed by atoms with Crippen LogP contribution in [0.25, 0.3) is 0 Å². The van der Waals surface area contributed by atoms with Gasteiger partial charge in [-0.1, -0.05) is 25.7 Å². The lowest BCUT2D eigenvalue weighted by atomic mass is 9.51. The third-order valence-corrected chi connectivity index (χ3v) is 7.83. The van der Waals surface area contributed by atoms with Gasteiger partial charge in [-0.3, -0.25) is 4.79 Å². The van der Waals surface area contributed by atoms with E-state index in [-0.39, 0.29) is 11.3 Å². The molecule has 1 N–H and O–H groups in total. The van der Waals surface area contributed by atoms with Crippen molar-refractivity contribution in [1.82, 2.24) is 0 Å². The number of hydrogen-bond donors (Lipinski definition) is 1. The van der Waals surface area contributed by atoms with Crippen LogP contribution in [0, 0.1) is 35.0 Å². The molecule has 4 heteroatoms. The summed E-state index contributed by atoms with van der Waals surface area (Å²) in [7, 11) is 0. The number of rotatable bonds is 2. The quantitative estimate of drug-likeness (QED) is 0.532. The van der Waals surface area contributed by atoms with Crippen LogP contribution in [0.2, 0.25) is 0 Å². The second kappa shape index (κ2) is 6.50. The van der Waals surface area contributed by atoms with Gasteiger partial charge in [-0.15, -0.1) is 0 Å². The number of hydrogen-bond acceptors (Lipinski definition) is 3. The standard InChI is InChI=1S/C23H28O4/c1-13-14(2)21-19-6-4-15-12-16(24)5-7-17(15)18(19)8-10-23(21,3)20(13)9-11-27-22(25)26/h9,11-12,17-21H,1-2,4-8,10H2,3H3,(H,25,26)/b11-9-/t17-,18+,19+,20+,21-,23+/m0/s1. The summed E-state index contributed by atoms with van der Waals surface area (Å²) in [5.74, 6) is 2.49. The number of ketones is 1. The summed E-state index contributed by atoms with van der Waals surface area (Å²) in [6.07, 6.45) is 9.81. The van der Waals surface area contributed by atoms with Crippen molar-refractivity contribution in [3.63, 3.8) is 0 Å². The van der Waals surface area contributed by atoms with Crippen LogP contribution in [0.3, 0.4) is 0 Å². The molecular formula is C23H28O4. The second-order valence-corrected chi connectivity index (χ2v) is 8.96. The topological polar surface area (TPSA) is 63.6 Å². The van der Waals surface area contributed by atoms with Gasteiger partial charge in [0.1, 0.15) is 0 Å². The molecule has 144 valence electrons. The van der Waals surface area contributed by atoms with E-state index in [1.165, 1.54) is 11.8 Å². The zero-order valence-electron chi connectivity index (χ0n) is 15.9. The first-order chi connectivity index (χ1) is 12.8. The molecule has 4 aliphatic carbocycles. The Kier molecular flexibility index (Phi) is 4.40. The van der Waals surface area contributed by atoms with Crippen LogP contribution in [0.5, 0.6) is 0 Å². The van der Waals surface area contributed by atoms with E-state index in [1.54, 1.807) is 0 Å². The van der Waals surface area contributed by atoms with Gasteiger partial charge in [0.2, 0.25) is 0 Å². The first kappa shape index (κ1) is 18.3. The Labute approximate surface area is 160 Å². The molecule has 4 rings (SSSR count). The molecule has 0 spiro atoms. The number of carbonyl (C=O) groups is 2.